The van der Waals surface area contributed by atoms with Crippen molar-refractivity contribution < 1.29 is 14.1 Å². The maximum absolute atomic E-state index is 13.2. The molecule has 5 rings (SSSR count). The highest BCUT2D eigenvalue weighted by Crippen LogP contribution is 2.53. The standard InChI is InChI=1S/C26H36BN3O3/c1-15(2)16(3)24(31)30-21-12-18(21)13-22(30)23-28-14-20(29-23)17-8-10-19(11-9-17)27-32-25(4,5)26(6,7)33-27/h8-11,14-16,18,21-22H,12-13H2,1-7H3,(H,28,29)/t16-,18+,21+,22-/m0/s1. The van der Waals surface area contributed by atoms with Crippen LogP contribution in [0.15, 0.2) is 30.5 Å². The Morgan fingerprint density at radius 1 is 1.09 bits per heavy atom. The summed E-state index contributed by atoms with van der Waals surface area (Å²) in [6.07, 6.45) is 4.04. The van der Waals surface area contributed by atoms with Gasteiger partial charge in [0.05, 0.1) is 29.1 Å². The van der Waals surface area contributed by atoms with Crippen molar-refractivity contribution in [2.75, 3.05) is 0 Å². The molecule has 0 radical (unpaired) electrons. The van der Waals surface area contributed by atoms with E-state index in [2.05, 4.69) is 82.6 Å². The Bertz CT molecular complexity index is 1030. The molecule has 2 aliphatic heterocycles. The molecule has 33 heavy (non-hydrogen) atoms. The zero-order valence-corrected chi connectivity index (χ0v) is 20.9. The van der Waals surface area contributed by atoms with Gasteiger partial charge in [0.1, 0.15) is 5.82 Å². The molecule has 1 aromatic heterocycles. The van der Waals surface area contributed by atoms with E-state index in [-0.39, 0.29) is 36.2 Å². The van der Waals surface area contributed by atoms with Crippen LogP contribution < -0.4 is 5.46 Å². The molecule has 176 valence electrons. The SMILES string of the molecule is CC(C)[C@H](C)C(=O)N1[C@@H]2C[C@@H]2C[C@H]1c1ncc(-c2ccc(B3OC(C)(C)C(C)(C)O3)cc2)[nH]1. The molecule has 2 aromatic rings. The first-order chi connectivity index (χ1) is 15.5. The fourth-order valence-electron chi connectivity index (χ4n) is 4.99. The number of amides is 1. The molecule has 3 heterocycles. The highest BCUT2D eigenvalue weighted by Gasteiger charge is 2.55. The Hall–Kier alpha value is -2.12. The fraction of sp³-hybridized carbons (Fsp3) is 0.615. The Kier molecular flexibility index (Phi) is 5.29. The maximum Gasteiger partial charge on any atom is 0.494 e. The van der Waals surface area contributed by atoms with Gasteiger partial charge in [-0.3, -0.25) is 4.79 Å². The lowest BCUT2D eigenvalue weighted by Crippen LogP contribution is -2.41. The monoisotopic (exact) mass is 449 g/mol. The van der Waals surface area contributed by atoms with Crippen molar-refractivity contribution in [3.8, 4) is 11.3 Å². The lowest BCUT2D eigenvalue weighted by atomic mass is 9.79. The summed E-state index contributed by atoms with van der Waals surface area (Å²) in [5, 5.41) is 0. The third kappa shape index (κ3) is 3.83. The van der Waals surface area contributed by atoms with Crippen molar-refractivity contribution >= 4 is 18.5 Å². The molecule has 0 spiro atoms. The van der Waals surface area contributed by atoms with E-state index < -0.39 is 0 Å². The van der Waals surface area contributed by atoms with Gasteiger partial charge in [-0.1, -0.05) is 45.0 Å². The summed E-state index contributed by atoms with van der Waals surface area (Å²) >= 11 is 0. The van der Waals surface area contributed by atoms with Gasteiger partial charge in [-0.2, -0.15) is 0 Å². The molecule has 1 amide bonds. The summed E-state index contributed by atoms with van der Waals surface area (Å²) in [5.74, 6) is 2.17. The smallest absolute Gasteiger partial charge is 0.399 e. The van der Waals surface area contributed by atoms with Gasteiger partial charge in [-0.15, -0.1) is 0 Å². The summed E-state index contributed by atoms with van der Waals surface area (Å²) in [5.41, 5.74) is 2.33. The second-order valence-electron chi connectivity index (χ2n) is 11.5. The van der Waals surface area contributed by atoms with Crippen LogP contribution in [0.4, 0.5) is 0 Å². The van der Waals surface area contributed by atoms with Gasteiger partial charge >= 0.3 is 7.12 Å². The molecule has 1 saturated carbocycles. The van der Waals surface area contributed by atoms with Crippen molar-refractivity contribution in [2.24, 2.45) is 17.8 Å². The number of rotatable bonds is 5. The topological polar surface area (TPSA) is 67.5 Å². The predicted molar refractivity (Wildman–Crippen MR) is 130 cm³/mol. The van der Waals surface area contributed by atoms with Crippen LogP contribution in [0.1, 0.15) is 73.2 Å². The molecule has 6 nitrogen and oxygen atoms in total. The van der Waals surface area contributed by atoms with E-state index in [0.717, 1.165) is 35.4 Å². The molecular formula is C26H36BN3O3. The van der Waals surface area contributed by atoms with Crippen molar-refractivity contribution in [1.82, 2.24) is 14.9 Å². The Labute approximate surface area is 197 Å². The van der Waals surface area contributed by atoms with Crippen LogP contribution in [0.2, 0.25) is 0 Å². The van der Waals surface area contributed by atoms with Crippen LogP contribution in [0, 0.1) is 17.8 Å². The van der Waals surface area contributed by atoms with Gasteiger partial charge in [0.25, 0.3) is 0 Å². The first kappa shape index (κ1) is 22.7. The van der Waals surface area contributed by atoms with Gasteiger partial charge in [0, 0.05) is 12.0 Å². The van der Waals surface area contributed by atoms with Crippen molar-refractivity contribution in [2.45, 2.75) is 84.6 Å². The number of H-pyrrole nitrogens is 1. The van der Waals surface area contributed by atoms with Crippen LogP contribution in [-0.2, 0) is 14.1 Å². The summed E-state index contributed by atoms with van der Waals surface area (Å²) in [4.78, 5) is 23.5. The number of benzene rings is 1. The number of hydrogen-bond acceptors (Lipinski definition) is 4. The van der Waals surface area contributed by atoms with E-state index in [4.69, 9.17) is 14.3 Å². The number of carbonyl (C=O) groups excluding carboxylic acids is 1. The first-order valence-corrected chi connectivity index (χ1v) is 12.3. The van der Waals surface area contributed by atoms with Crippen LogP contribution >= 0.6 is 0 Å². The molecule has 0 bridgehead atoms. The van der Waals surface area contributed by atoms with Gasteiger partial charge in [0.2, 0.25) is 5.91 Å². The second-order valence-corrected chi connectivity index (χ2v) is 11.5. The number of nitrogens with one attached hydrogen (secondary N) is 1. The number of piperidine rings is 1. The Morgan fingerprint density at radius 2 is 1.73 bits per heavy atom. The number of nitrogens with zero attached hydrogens (tertiary/aromatic N) is 2. The van der Waals surface area contributed by atoms with E-state index in [1.807, 2.05) is 6.20 Å². The van der Waals surface area contributed by atoms with E-state index in [1.54, 1.807) is 0 Å². The number of likely N-dealkylation sites (tertiary alicyclic amines) is 1. The van der Waals surface area contributed by atoms with Crippen LogP contribution in [0.3, 0.4) is 0 Å². The number of aromatic amines is 1. The average Bonchev–Trinajstić information content (AvgIpc) is 3.10. The summed E-state index contributed by atoms with van der Waals surface area (Å²) in [6, 6.07) is 8.73. The van der Waals surface area contributed by atoms with Crippen molar-refractivity contribution in [1.29, 1.82) is 0 Å². The molecule has 4 atom stereocenters. The highest BCUT2D eigenvalue weighted by atomic mass is 16.7. The van der Waals surface area contributed by atoms with Gasteiger partial charge < -0.3 is 19.2 Å². The first-order valence-electron chi connectivity index (χ1n) is 12.3. The van der Waals surface area contributed by atoms with Gasteiger partial charge in [0.15, 0.2) is 0 Å². The van der Waals surface area contributed by atoms with Crippen LogP contribution in [0.25, 0.3) is 11.3 Å². The Morgan fingerprint density at radius 3 is 2.33 bits per heavy atom. The number of aromatic nitrogens is 2. The largest absolute Gasteiger partial charge is 0.494 e. The molecule has 3 fully saturated rings. The summed E-state index contributed by atoms with van der Waals surface area (Å²) in [7, 11) is -0.367. The quantitative estimate of drug-likeness (QED) is 0.690. The number of hydrogen-bond donors (Lipinski definition) is 1. The predicted octanol–water partition coefficient (Wildman–Crippen LogP) is 4.33. The third-order valence-corrected chi connectivity index (χ3v) is 8.41. The summed E-state index contributed by atoms with van der Waals surface area (Å²) in [6.45, 7) is 14.6. The molecule has 1 aliphatic carbocycles. The minimum atomic E-state index is -0.367. The van der Waals surface area contributed by atoms with Gasteiger partial charge in [-0.25, -0.2) is 4.98 Å². The minimum Gasteiger partial charge on any atom is -0.399 e. The number of imidazole rings is 1. The summed E-state index contributed by atoms with van der Waals surface area (Å²) < 4.78 is 12.3. The second kappa shape index (κ2) is 7.71. The normalized spacial score (nSPS) is 28.3. The number of fused-ring (bicyclic) bond motifs is 1. The van der Waals surface area contributed by atoms with Crippen molar-refractivity contribution in [3.63, 3.8) is 0 Å². The zero-order valence-electron chi connectivity index (χ0n) is 20.9. The molecule has 1 N–H and O–H groups in total. The van der Waals surface area contributed by atoms with E-state index in [9.17, 15) is 4.79 Å². The molecule has 1 aromatic carbocycles. The van der Waals surface area contributed by atoms with E-state index in [1.165, 1.54) is 0 Å². The van der Waals surface area contributed by atoms with Crippen LogP contribution in [-0.4, -0.2) is 45.1 Å². The highest BCUT2D eigenvalue weighted by molar-refractivity contribution is 6.62. The van der Waals surface area contributed by atoms with Crippen LogP contribution in [0.5, 0.6) is 0 Å². The molecular weight excluding hydrogens is 413 g/mol. The lowest BCUT2D eigenvalue weighted by molar-refractivity contribution is -0.138. The number of carbonyl (C=O) groups is 1. The zero-order chi connectivity index (χ0) is 23.7. The third-order valence-electron chi connectivity index (χ3n) is 8.41. The van der Waals surface area contributed by atoms with E-state index >= 15 is 0 Å². The average molecular weight is 449 g/mol. The molecule has 0 unspecified atom stereocenters. The maximum atomic E-state index is 13.2. The minimum absolute atomic E-state index is 0.0313. The molecule has 7 heteroatoms. The van der Waals surface area contributed by atoms with Crippen molar-refractivity contribution in [3.05, 3.63) is 36.3 Å². The lowest BCUT2D eigenvalue weighted by Gasteiger charge is -2.32. The van der Waals surface area contributed by atoms with Gasteiger partial charge in [-0.05, 0) is 63.4 Å². The Balaban J connectivity index is 1.33. The van der Waals surface area contributed by atoms with E-state index in [0.29, 0.717) is 17.9 Å². The molecule has 3 aliphatic rings. The molecule has 2 saturated heterocycles. The fourth-order valence-corrected chi connectivity index (χ4v) is 4.99.